The van der Waals surface area contributed by atoms with E-state index in [1.54, 1.807) is 6.92 Å². The van der Waals surface area contributed by atoms with Gasteiger partial charge in [0, 0.05) is 6.54 Å². The van der Waals surface area contributed by atoms with E-state index in [1.165, 1.54) is 0 Å². The summed E-state index contributed by atoms with van der Waals surface area (Å²) < 4.78 is 5.03. The molecule has 0 spiro atoms. The molecule has 1 rings (SSSR count). The van der Waals surface area contributed by atoms with Gasteiger partial charge in [-0.15, -0.1) is 0 Å². The van der Waals surface area contributed by atoms with Crippen LogP contribution in [0.5, 0.6) is 0 Å². The van der Waals surface area contributed by atoms with Gasteiger partial charge >= 0.3 is 5.97 Å². The van der Waals surface area contributed by atoms with E-state index in [4.69, 9.17) is 4.74 Å². The first-order valence-corrected chi connectivity index (χ1v) is 7.45. The van der Waals surface area contributed by atoms with Crippen molar-refractivity contribution in [3.63, 3.8) is 0 Å². The van der Waals surface area contributed by atoms with Crippen LogP contribution in [-0.2, 0) is 14.3 Å². The zero-order chi connectivity index (χ0) is 15.2. The van der Waals surface area contributed by atoms with Crippen LogP contribution in [0.4, 0.5) is 0 Å². The predicted octanol–water partition coefficient (Wildman–Crippen LogP) is 2.68. The first-order chi connectivity index (χ1) is 9.36. The maximum absolute atomic E-state index is 12.3. The van der Waals surface area contributed by atoms with Gasteiger partial charge < -0.3 is 10.1 Å². The topological polar surface area (TPSA) is 55.4 Å². The summed E-state index contributed by atoms with van der Waals surface area (Å²) in [5.41, 5.74) is -0.442. The Morgan fingerprint density at radius 3 is 2.55 bits per heavy atom. The molecule has 0 radical (unpaired) electrons. The molecule has 0 aromatic carbocycles. The Bertz CT molecular complexity index is 368. The van der Waals surface area contributed by atoms with Gasteiger partial charge in [-0.3, -0.25) is 9.59 Å². The second-order valence-electron chi connectivity index (χ2n) is 6.45. The van der Waals surface area contributed by atoms with Crippen LogP contribution in [0.25, 0.3) is 0 Å². The molecule has 1 aliphatic carbocycles. The van der Waals surface area contributed by atoms with Crippen molar-refractivity contribution in [2.24, 2.45) is 17.3 Å². The van der Waals surface area contributed by atoms with Crippen LogP contribution in [0.2, 0.25) is 0 Å². The molecule has 2 unspecified atom stereocenters. The minimum atomic E-state index is -0.749. The van der Waals surface area contributed by atoms with Gasteiger partial charge in [-0.05, 0) is 37.5 Å². The molecule has 0 saturated carbocycles. The van der Waals surface area contributed by atoms with E-state index in [0.29, 0.717) is 19.1 Å². The SMILES string of the molecule is CCOC(=O)C(C(=O)NCC1CC=CCC1)C(C)(C)C. The fourth-order valence-corrected chi connectivity index (χ4v) is 2.47. The fraction of sp³-hybridized carbons (Fsp3) is 0.750. The summed E-state index contributed by atoms with van der Waals surface area (Å²) in [7, 11) is 0. The van der Waals surface area contributed by atoms with E-state index in [9.17, 15) is 9.59 Å². The summed E-state index contributed by atoms with van der Waals surface area (Å²) in [5, 5.41) is 2.92. The van der Waals surface area contributed by atoms with Gasteiger partial charge in [0.25, 0.3) is 0 Å². The Kier molecular flexibility index (Phi) is 6.24. The number of nitrogens with one attached hydrogen (secondary N) is 1. The Balaban J connectivity index is 2.59. The van der Waals surface area contributed by atoms with E-state index in [-0.39, 0.29) is 5.91 Å². The van der Waals surface area contributed by atoms with Crippen molar-refractivity contribution in [3.05, 3.63) is 12.2 Å². The first-order valence-electron chi connectivity index (χ1n) is 7.45. The van der Waals surface area contributed by atoms with E-state index in [1.807, 2.05) is 20.8 Å². The van der Waals surface area contributed by atoms with Crippen molar-refractivity contribution in [2.75, 3.05) is 13.2 Å². The van der Waals surface area contributed by atoms with E-state index in [0.717, 1.165) is 19.3 Å². The zero-order valence-corrected chi connectivity index (χ0v) is 13.1. The predicted molar refractivity (Wildman–Crippen MR) is 79.1 cm³/mol. The van der Waals surface area contributed by atoms with Crippen molar-refractivity contribution in [3.8, 4) is 0 Å². The molecule has 0 aromatic rings. The van der Waals surface area contributed by atoms with Crippen LogP contribution in [0.3, 0.4) is 0 Å². The second kappa shape index (κ2) is 7.46. The van der Waals surface area contributed by atoms with E-state index < -0.39 is 17.3 Å². The lowest BCUT2D eigenvalue weighted by atomic mass is 9.80. The number of rotatable bonds is 5. The minimum absolute atomic E-state index is 0.217. The second-order valence-corrected chi connectivity index (χ2v) is 6.45. The lowest BCUT2D eigenvalue weighted by Gasteiger charge is -2.28. The highest BCUT2D eigenvalue weighted by Crippen LogP contribution is 2.27. The van der Waals surface area contributed by atoms with Crippen molar-refractivity contribution < 1.29 is 14.3 Å². The Morgan fingerprint density at radius 2 is 2.05 bits per heavy atom. The van der Waals surface area contributed by atoms with E-state index >= 15 is 0 Å². The summed E-state index contributed by atoms with van der Waals surface area (Å²) >= 11 is 0. The third kappa shape index (κ3) is 4.99. The average molecular weight is 281 g/mol. The van der Waals surface area contributed by atoms with Crippen LogP contribution in [-0.4, -0.2) is 25.0 Å². The summed E-state index contributed by atoms with van der Waals surface area (Å²) in [5.74, 6) is -0.917. The lowest BCUT2D eigenvalue weighted by Crippen LogP contribution is -2.45. The van der Waals surface area contributed by atoms with Gasteiger partial charge in [0.15, 0.2) is 0 Å². The van der Waals surface area contributed by atoms with Gasteiger partial charge in [-0.2, -0.15) is 0 Å². The molecule has 4 heteroatoms. The first kappa shape index (κ1) is 16.7. The molecular formula is C16H27NO3. The number of hydrogen-bond donors (Lipinski definition) is 1. The van der Waals surface area contributed by atoms with Crippen molar-refractivity contribution in [1.29, 1.82) is 0 Å². The molecule has 4 nitrogen and oxygen atoms in total. The highest BCUT2D eigenvalue weighted by Gasteiger charge is 2.38. The van der Waals surface area contributed by atoms with Crippen molar-refractivity contribution >= 4 is 11.9 Å². The van der Waals surface area contributed by atoms with Gasteiger partial charge in [-0.1, -0.05) is 32.9 Å². The number of hydrogen-bond acceptors (Lipinski definition) is 3. The maximum atomic E-state index is 12.3. The van der Waals surface area contributed by atoms with Crippen molar-refractivity contribution in [2.45, 2.75) is 47.0 Å². The molecular weight excluding hydrogens is 254 g/mol. The number of ether oxygens (including phenoxy) is 1. The molecule has 0 fully saturated rings. The molecule has 20 heavy (non-hydrogen) atoms. The molecule has 2 atom stereocenters. The molecule has 0 aromatic heterocycles. The third-order valence-corrected chi connectivity index (χ3v) is 3.59. The monoisotopic (exact) mass is 281 g/mol. The largest absolute Gasteiger partial charge is 0.465 e. The molecule has 1 N–H and O–H groups in total. The van der Waals surface area contributed by atoms with Gasteiger partial charge in [0.1, 0.15) is 5.92 Å². The number of carbonyl (C=O) groups is 2. The minimum Gasteiger partial charge on any atom is -0.465 e. The molecule has 0 saturated heterocycles. The van der Waals surface area contributed by atoms with Crippen LogP contribution in [0, 0.1) is 17.3 Å². The van der Waals surface area contributed by atoms with Crippen molar-refractivity contribution in [1.82, 2.24) is 5.32 Å². The summed E-state index contributed by atoms with van der Waals surface area (Å²) in [6.45, 7) is 8.34. The molecule has 0 heterocycles. The summed E-state index contributed by atoms with van der Waals surface area (Å²) in [6, 6.07) is 0. The quantitative estimate of drug-likeness (QED) is 0.479. The number of amides is 1. The normalized spacial score (nSPS) is 20.3. The molecule has 114 valence electrons. The summed E-state index contributed by atoms with van der Waals surface area (Å²) in [6.07, 6.45) is 7.50. The third-order valence-electron chi connectivity index (χ3n) is 3.59. The van der Waals surface area contributed by atoms with Crippen LogP contribution < -0.4 is 5.32 Å². The standard InChI is InChI=1S/C16H27NO3/c1-5-20-15(19)13(16(2,3)4)14(18)17-11-12-9-7-6-8-10-12/h6-7,12-13H,5,8-11H2,1-4H3,(H,17,18). The van der Waals surface area contributed by atoms with Crippen LogP contribution in [0.1, 0.15) is 47.0 Å². The zero-order valence-electron chi connectivity index (χ0n) is 13.1. The molecule has 1 amide bonds. The average Bonchev–Trinajstić information content (AvgIpc) is 2.36. The molecule has 0 bridgehead atoms. The maximum Gasteiger partial charge on any atom is 0.319 e. The van der Waals surface area contributed by atoms with Gasteiger partial charge in [0.2, 0.25) is 5.91 Å². The Hall–Kier alpha value is -1.32. The van der Waals surface area contributed by atoms with Gasteiger partial charge in [0.05, 0.1) is 6.61 Å². The molecule has 1 aliphatic rings. The van der Waals surface area contributed by atoms with Crippen LogP contribution in [0.15, 0.2) is 12.2 Å². The lowest BCUT2D eigenvalue weighted by molar-refractivity contribution is -0.156. The number of allylic oxidation sites excluding steroid dienone is 2. The fourth-order valence-electron chi connectivity index (χ4n) is 2.47. The van der Waals surface area contributed by atoms with E-state index in [2.05, 4.69) is 17.5 Å². The molecule has 0 aliphatic heterocycles. The number of carbonyl (C=O) groups excluding carboxylic acids is 2. The smallest absolute Gasteiger partial charge is 0.319 e. The summed E-state index contributed by atoms with van der Waals surface area (Å²) in [4.78, 5) is 24.3. The van der Waals surface area contributed by atoms with Gasteiger partial charge in [-0.25, -0.2) is 0 Å². The Labute approximate surface area is 122 Å². The van der Waals surface area contributed by atoms with Crippen LogP contribution >= 0.6 is 0 Å². The Morgan fingerprint density at radius 1 is 1.35 bits per heavy atom. The highest BCUT2D eigenvalue weighted by atomic mass is 16.5. The number of esters is 1. The highest BCUT2D eigenvalue weighted by molar-refractivity contribution is 5.98.